The molecule has 0 saturated heterocycles. The van der Waals surface area contributed by atoms with Gasteiger partial charge in [-0.1, -0.05) is 5.92 Å². The first-order chi connectivity index (χ1) is 9.88. The number of hydrogen-bond acceptors (Lipinski definition) is 3. The zero-order chi connectivity index (χ0) is 14.0. The van der Waals surface area contributed by atoms with Crippen LogP contribution in [-0.2, 0) is 17.1 Å². The number of rotatable bonds is 1. The van der Waals surface area contributed by atoms with Gasteiger partial charge in [0, 0.05) is 12.4 Å². The van der Waals surface area contributed by atoms with Crippen LogP contribution in [0.4, 0.5) is 0 Å². The third-order valence-corrected chi connectivity index (χ3v) is 2.34. The van der Waals surface area contributed by atoms with Crippen molar-refractivity contribution in [2.45, 2.75) is 0 Å². The molecule has 1 aromatic rings. The second-order valence-electron chi connectivity index (χ2n) is 3.84. The van der Waals surface area contributed by atoms with E-state index in [9.17, 15) is 4.79 Å². The van der Waals surface area contributed by atoms with Crippen molar-refractivity contribution >= 4 is 6.29 Å². The molecule has 10 radical (unpaired) electrons. The summed E-state index contributed by atoms with van der Waals surface area (Å²) in [5, 5.41) is 0. The van der Waals surface area contributed by atoms with E-state index in [0.29, 0.717) is 17.7 Å². The van der Waals surface area contributed by atoms with Gasteiger partial charge < -0.3 is 0 Å². The summed E-state index contributed by atoms with van der Waals surface area (Å²) in [6.07, 6.45) is 21.3. The minimum absolute atomic E-state index is 0. The van der Waals surface area contributed by atoms with Crippen LogP contribution in [0, 0.1) is 75.5 Å². The van der Waals surface area contributed by atoms with Crippen LogP contribution in [0.1, 0.15) is 16.2 Å². The number of aldehydes is 1. The molecular weight excluding hydrogens is 304 g/mol. The molecule has 4 heteroatoms. The number of carbonyl (C=O) groups excluding carboxylic acids is 1. The van der Waals surface area contributed by atoms with Crippen LogP contribution in [-0.4, -0.2) is 16.3 Å². The molecule has 3 rings (SSSR count). The van der Waals surface area contributed by atoms with Crippen molar-refractivity contribution in [3.05, 3.63) is 87.5 Å². The van der Waals surface area contributed by atoms with E-state index < -0.39 is 0 Å². The van der Waals surface area contributed by atoms with Gasteiger partial charge in [0.25, 0.3) is 0 Å². The minimum Gasteiger partial charge on any atom is -0.298 e. The fourth-order valence-corrected chi connectivity index (χ4v) is 1.37. The molecule has 0 atom stereocenters. The van der Waals surface area contributed by atoms with Crippen molar-refractivity contribution < 1.29 is 21.9 Å². The van der Waals surface area contributed by atoms with E-state index in [1.165, 1.54) is 12.4 Å². The smallest absolute Gasteiger partial charge is 0.298 e. The van der Waals surface area contributed by atoms with Gasteiger partial charge in [0.05, 0.1) is 11.5 Å². The van der Waals surface area contributed by atoms with Crippen LogP contribution in [0.3, 0.4) is 0 Å². The van der Waals surface area contributed by atoms with Crippen LogP contribution >= 0.6 is 0 Å². The van der Waals surface area contributed by atoms with E-state index >= 15 is 0 Å². The molecule has 0 spiro atoms. The van der Waals surface area contributed by atoms with E-state index in [4.69, 9.17) is 0 Å². The maximum Gasteiger partial charge on any atom is 2.00 e. The van der Waals surface area contributed by atoms with Crippen molar-refractivity contribution in [2.75, 3.05) is 0 Å². The van der Waals surface area contributed by atoms with Crippen molar-refractivity contribution in [3.8, 4) is 11.8 Å². The number of hydrogen-bond donors (Lipinski definition) is 0. The predicted molar refractivity (Wildman–Crippen MR) is 76.2 cm³/mol. The van der Waals surface area contributed by atoms with E-state index in [1.54, 1.807) is 0 Å². The van der Waals surface area contributed by atoms with Gasteiger partial charge in [-0.25, -0.2) is 9.97 Å². The Labute approximate surface area is 137 Å². The zero-order valence-corrected chi connectivity index (χ0v) is 12.2. The fraction of sp³-hybridized carbons (Fsp3) is 0. The average Bonchev–Trinajstić information content (AvgIpc) is 3.21. The fourth-order valence-electron chi connectivity index (χ4n) is 1.37. The Morgan fingerprint density at radius 2 is 1.33 bits per heavy atom. The molecule has 0 aliphatic heterocycles. The first kappa shape index (κ1) is 17.9. The summed E-state index contributed by atoms with van der Waals surface area (Å²) >= 11 is 0. The maximum atomic E-state index is 10.3. The zero-order valence-electron chi connectivity index (χ0n) is 11.1. The predicted octanol–water partition coefficient (Wildman–Crippen LogP) is 2.06. The second-order valence-corrected chi connectivity index (χ2v) is 3.84. The Morgan fingerprint density at radius 1 is 0.810 bits per heavy atom. The summed E-state index contributed by atoms with van der Waals surface area (Å²) in [7, 11) is 0. The van der Waals surface area contributed by atoms with Gasteiger partial charge in [0.1, 0.15) is 0 Å². The van der Waals surface area contributed by atoms with Crippen LogP contribution in [0.25, 0.3) is 0 Å². The Bertz CT molecular complexity index is 458. The number of carbonyl (C=O) groups is 1. The number of aromatic nitrogens is 2. The molecule has 0 bridgehead atoms. The molecule has 2 fully saturated rings. The van der Waals surface area contributed by atoms with Gasteiger partial charge in [-0.3, -0.25) is 4.79 Å². The van der Waals surface area contributed by atoms with E-state index in [1.807, 2.05) is 57.8 Å². The van der Waals surface area contributed by atoms with Crippen molar-refractivity contribution in [2.24, 2.45) is 0 Å². The van der Waals surface area contributed by atoms with E-state index in [-0.39, 0.29) is 17.1 Å². The Morgan fingerprint density at radius 3 is 1.81 bits per heavy atom. The Hall–Kier alpha value is -1.17. The molecule has 2 aliphatic rings. The SMILES string of the molecule is O=Cc1cnc(C#C[C]2[CH][CH][CH][CH]2)nc1.[CH]1[CH][CH][CH][CH]1.[Fe+2]. The molecule has 1 aromatic heterocycles. The van der Waals surface area contributed by atoms with Crippen molar-refractivity contribution in [1.29, 1.82) is 0 Å². The van der Waals surface area contributed by atoms with E-state index in [0.717, 1.165) is 5.92 Å². The summed E-state index contributed by atoms with van der Waals surface area (Å²) in [5.74, 6) is 7.07. The molecule has 1 heterocycles. The summed E-state index contributed by atoms with van der Waals surface area (Å²) in [6.45, 7) is 0. The maximum absolute atomic E-state index is 10.3. The number of nitrogens with zero attached hydrogens (tertiary/aromatic N) is 2. The molecule has 2 saturated carbocycles. The first-order valence-electron chi connectivity index (χ1n) is 6.06. The van der Waals surface area contributed by atoms with Crippen LogP contribution in [0.15, 0.2) is 12.4 Å². The molecule has 3 nitrogen and oxygen atoms in total. The van der Waals surface area contributed by atoms with Gasteiger partial charge in [-0.2, -0.15) is 0 Å². The van der Waals surface area contributed by atoms with Gasteiger partial charge in [0.2, 0.25) is 5.82 Å². The molecule has 2 aliphatic carbocycles. The molecule has 0 aromatic carbocycles. The molecule has 21 heavy (non-hydrogen) atoms. The van der Waals surface area contributed by atoms with Gasteiger partial charge in [0.15, 0.2) is 6.29 Å². The summed E-state index contributed by atoms with van der Waals surface area (Å²) in [5.41, 5.74) is 0.453. The molecule has 102 valence electrons. The molecule has 0 N–H and O–H groups in total. The Kier molecular flexibility index (Phi) is 8.97. The summed E-state index contributed by atoms with van der Waals surface area (Å²) in [4.78, 5) is 18.2. The van der Waals surface area contributed by atoms with Crippen LogP contribution in [0.2, 0.25) is 0 Å². The average molecular weight is 316 g/mol. The molecular formula is C17H12FeN2O+2. The summed E-state index contributed by atoms with van der Waals surface area (Å²) in [6, 6.07) is 0. The van der Waals surface area contributed by atoms with E-state index in [2.05, 4.69) is 21.8 Å². The van der Waals surface area contributed by atoms with Gasteiger partial charge >= 0.3 is 17.1 Å². The first-order valence-corrected chi connectivity index (χ1v) is 6.06. The second kappa shape index (κ2) is 10.5. The normalized spacial score (nSPS) is 17.0. The van der Waals surface area contributed by atoms with Crippen LogP contribution in [0.5, 0.6) is 0 Å². The topological polar surface area (TPSA) is 42.9 Å². The van der Waals surface area contributed by atoms with Gasteiger partial charge in [-0.15, -0.1) is 0 Å². The third kappa shape index (κ3) is 6.89. The molecule has 0 amide bonds. The monoisotopic (exact) mass is 316 g/mol. The minimum atomic E-state index is 0. The summed E-state index contributed by atoms with van der Waals surface area (Å²) < 4.78 is 0. The quantitative estimate of drug-likeness (QED) is 0.452. The standard InChI is InChI=1S/C12H7N2O.C5H5.Fe/c15-9-11-7-13-12(14-8-11)6-5-10-3-1-2-4-10;1-2-4-5-3-1;/h1-4,7-9H;1-5H;/q;;+2. The van der Waals surface area contributed by atoms with Crippen molar-refractivity contribution in [1.82, 2.24) is 9.97 Å². The molecule has 0 unspecified atom stereocenters. The van der Waals surface area contributed by atoms with Crippen LogP contribution < -0.4 is 0 Å². The van der Waals surface area contributed by atoms with Gasteiger partial charge in [-0.05, 0) is 63.7 Å². The largest absolute Gasteiger partial charge is 2.00 e. The third-order valence-electron chi connectivity index (χ3n) is 2.34. The Balaban J connectivity index is 0.000000313. The van der Waals surface area contributed by atoms with Crippen molar-refractivity contribution in [3.63, 3.8) is 0 Å².